The van der Waals surface area contributed by atoms with E-state index in [1.165, 1.54) is 13.2 Å². The van der Waals surface area contributed by atoms with E-state index in [0.717, 1.165) is 6.42 Å². The second kappa shape index (κ2) is 8.53. The van der Waals surface area contributed by atoms with Gasteiger partial charge in [-0.2, -0.15) is 0 Å². The average Bonchev–Trinajstić information content (AvgIpc) is 2.52. The van der Waals surface area contributed by atoms with Gasteiger partial charge in [-0.1, -0.05) is 6.92 Å². The van der Waals surface area contributed by atoms with Crippen LogP contribution in [0.4, 0.5) is 5.69 Å². The molecule has 6 nitrogen and oxygen atoms in total. The van der Waals surface area contributed by atoms with E-state index in [0.29, 0.717) is 24.7 Å². The maximum atomic E-state index is 12.2. The molecule has 0 aliphatic rings. The summed E-state index contributed by atoms with van der Waals surface area (Å²) in [5.74, 6) is -0.380. The fourth-order valence-electron chi connectivity index (χ4n) is 1.92. The van der Waals surface area contributed by atoms with Crippen LogP contribution in [0.15, 0.2) is 18.2 Å². The van der Waals surface area contributed by atoms with Crippen LogP contribution in [0, 0.1) is 0 Å². The summed E-state index contributed by atoms with van der Waals surface area (Å²) in [6.45, 7) is 8.09. The van der Waals surface area contributed by atoms with Gasteiger partial charge in [0.05, 0.1) is 13.7 Å². The number of methoxy groups -OCH3 is 1. The molecule has 0 spiro atoms. The molecular formula is C17H25NO5. The van der Waals surface area contributed by atoms with Crippen LogP contribution in [0.1, 0.15) is 44.5 Å². The Morgan fingerprint density at radius 3 is 2.48 bits per heavy atom. The van der Waals surface area contributed by atoms with Crippen LogP contribution in [-0.4, -0.2) is 37.8 Å². The third-order valence-electron chi connectivity index (χ3n) is 3.16. The number of benzene rings is 1. The molecule has 128 valence electrons. The number of hydrogen-bond acceptors (Lipinski definition) is 5. The van der Waals surface area contributed by atoms with Crippen molar-refractivity contribution in [1.29, 1.82) is 0 Å². The molecule has 0 aliphatic heterocycles. The smallest absolute Gasteiger partial charge is 0.341 e. The van der Waals surface area contributed by atoms with Crippen molar-refractivity contribution in [3.05, 3.63) is 23.8 Å². The standard InChI is InChI=1S/C17H25NO5/c1-6-10-22-14-9-8-12(11-13(14)15(19)21-5)18-16(20)17(3,4)23-7-2/h8-9,11H,6-7,10H2,1-5H3,(H,18,20). The molecule has 0 bridgehead atoms. The van der Waals surface area contributed by atoms with Crippen LogP contribution in [0.5, 0.6) is 5.75 Å². The van der Waals surface area contributed by atoms with E-state index in [1.54, 1.807) is 26.0 Å². The lowest BCUT2D eigenvalue weighted by molar-refractivity contribution is -0.136. The highest BCUT2D eigenvalue weighted by Gasteiger charge is 2.28. The molecule has 0 saturated heterocycles. The SMILES string of the molecule is CCCOc1ccc(NC(=O)C(C)(C)OCC)cc1C(=O)OC. The van der Waals surface area contributed by atoms with Crippen LogP contribution in [0.3, 0.4) is 0 Å². The molecule has 1 amide bonds. The van der Waals surface area contributed by atoms with E-state index < -0.39 is 11.6 Å². The van der Waals surface area contributed by atoms with Gasteiger partial charge in [0.15, 0.2) is 0 Å². The monoisotopic (exact) mass is 323 g/mol. The largest absolute Gasteiger partial charge is 0.493 e. The van der Waals surface area contributed by atoms with Gasteiger partial charge in [-0.15, -0.1) is 0 Å². The molecule has 1 rings (SSSR count). The zero-order chi connectivity index (χ0) is 17.5. The number of esters is 1. The molecule has 0 heterocycles. The fourth-order valence-corrected chi connectivity index (χ4v) is 1.92. The zero-order valence-electron chi connectivity index (χ0n) is 14.4. The van der Waals surface area contributed by atoms with E-state index in [4.69, 9.17) is 14.2 Å². The Hall–Kier alpha value is -2.08. The highest BCUT2D eigenvalue weighted by molar-refractivity contribution is 5.99. The molecule has 1 aromatic rings. The number of ether oxygens (including phenoxy) is 3. The summed E-state index contributed by atoms with van der Waals surface area (Å²) in [5.41, 5.74) is -0.211. The van der Waals surface area contributed by atoms with Gasteiger partial charge in [0.1, 0.15) is 16.9 Å². The maximum Gasteiger partial charge on any atom is 0.341 e. The van der Waals surface area contributed by atoms with Crippen LogP contribution in [0.25, 0.3) is 0 Å². The van der Waals surface area contributed by atoms with Gasteiger partial charge in [0.2, 0.25) is 0 Å². The normalized spacial score (nSPS) is 11.0. The minimum atomic E-state index is -0.961. The van der Waals surface area contributed by atoms with Gasteiger partial charge in [-0.05, 0) is 45.4 Å². The molecule has 0 aliphatic carbocycles. The van der Waals surface area contributed by atoms with E-state index in [1.807, 2.05) is 13.8 Å². The lowest BCUT2D eigenvalue weighted by atomic mass is 10.1. The van der Waals surface area contributed by atoms with Gasteiger partial charge in [0.25, 0.3) is 5.91 Å². The Morgan fingerprint density at radius 1 is 1.22 bits per heavy atom. The first-order valence-electron chi connectivity index (χ1n) is 7.66. The summed E-state index contributed by atoms with van der Waals surface area (Å²) in [7, 11) is 1.30. The van der Waals surface area contributed by atoms with Crippen molar-refractivity contribution in [1.82, 2.24) is 0 Å². The van der Waals surface area contributed by atoms with Gasteiger partial charge < -0.3 is 19.5 Å². The average molecular weight is 323 g/mol. The van der Waals surface area contributed by atoms with Crippen LogP contribution < -0.4 is 10.1 Å². The number of amides is 1. The number of hydrogen-bond donors (Lipinski definition) is 1. The first-order chi connectivity index (χ1) is 10.9. The van der Waals surface area contributed by atoms with Crippen molar-refractivity contribution in [3.63, 3.8) is 0 Å². The third kappa shape index (κ3) is 5.25. The number of carbonyl (C=O) groups is 2. The highest BCUT2D eigenvalue weighted by Crippen LogP contribution is 2.25. The van der Waals surface area contributed by atoms with Crippen molar-refractivity contribution < 1.29 is 23.8 Å². The van der Waals surface area contributed by atoms with Gasteiger partial charge in [-0.3, -0.25) is 4.79 Å². The first kappa shape index (κ1) is 19.0. The summed E-state index contributed by atoms with van der Waals surface area (Å²) in [4.78, 5) is 24.1. The number of carbonyl (C=O) groups excluding carboxylic acids is 2. The number of anilines is 1. The molecule has 0 atom stereocenters. The van der Waals surface area contributed by atoms with Crippen LogP contribution in [0.2, 0.25) is 0 Å². The van der Waals surface area contributed by atoms with Gasteiger partial charge in [-0.25, -0.2) is 4.79 Å². The molecule has 1 N–H and O–H groups in total. The minimum absolute atomic E-state index is 0.271. The van der Waals surface area contributed by atoms with Crippen molar-refractivity contribution in [2.45, 2.75) is 39.7 Å². The molecular weight excluding hydrogens is 298 g/mol. The fraction of sp³-hybridized carbons (Fsp3) is 0.529. The van der Waals surface area contributed by atoms with E-state index >= 15 is 0 Å². The van der Waals surface area contributed by atoms with Crippen molar-refractivity contribution in [2.75, 3.05) is 25.6 Å². The molecule has 23 heavy (non-hydrogen) atoms. The minimum Gasteiger partial charge on any atom is -0.493 e. The van der Waals surface area contributed by atoms with Crippen molar-refractivity contribution in [3.8, 4) is 5.75 Å². The van der Waals surface area contributed by atoms with Gasteiger partial charge in [0, 0.05) is 12.3 Å². The maximum absolute atomic E-state index is 12.2. The summed E-state index contributed by atoms with van der Waals surface area (Å²) in [5, 5.41) is 2.74. The second-order valence-electron chi connectivity index (χ2n) is 5.45. The highest BCUT2D eigenvalue weighted by atomic mass is 16.5. The van der Waals surface area contributed by atoms with Crippen molar-refractivity contribution in [2.24, 2.45) is 0 Å². The number of rotatable bonds is 8. The van der Waals surface area contributed by atoms with E-state index in [-0.39, 0.29) is 11.5 Å². The van der Waals surface area contributed by atoms with Crippen molar-refractivity contribution >= 4 is 17.6 Å². The Labute approximate surface area is 137 Å². The molecule has 0 fully saturated rings. The summed E-state index contributed by atoms with van der Waals surface area (Å²) >= 11 is 0. The van der Waals surface area contributed by atoms with Gasteiger partial charge >= 0.3 is 5.97 Å². The Kier molecular flexibility index (Phi) is 7.03. The Morgan fingerprint density at radius 2 is 1.91 bits per heavy atom. The number of nitrogens with one attached hydrogen (secondary N) is 1. The molecule has 0 unspecified atom stereocenters. The Balaban J connectivity index is 3.00. The molecule has 6 heteroatoms. The van der Waals surface area contributed by atoms with E-state index in [9.17, 15) is 9.59 Å². The van der Waals surface area contributed by atoms with E-state index in [2.05, 4.69) is 5.32 Å². The second-order valence-corrected chi connectivity index (χ2v) is 5.45. The molecule has 0 aromatic heterocycles. The quantitative estimate of drug-likeness (QED) is 0.744. The zero-order valence-corrected chi connectivity index (χ0v) is 14.4. The molecule has 0 saturated carbocycles. The predicted octanol–water partition coefficient (Wildman–Crippen LogP) is 3.02. The lowest BCUT2D eigenvalue weighted by Gasteiger charge is -2.23. The molecule has 1 aromatic carbocycles. The topological polar surface area (TPSA) is 73.9 Å². The lowest BCUT2D eigenvalue weighted by Crippen LogP contribution is -2.39. The summed E-state index contributed by atoms with van der Waals surface area (Å²) in [6.07, 6.45) is 0.821. The summed E-state index contributed by atoms with van der Waals surface area (Å²) < 4.78 is 15.7. The third-order valence-corrected chi connectivity index (χ3v) is 3.16. The Bertz CT molecular complexity index is 554. The molecule has 0 radical (unpaired) electrons. The predicted molar refractivity (Wildman–Crippen MR) is 87.9 cm³/mol. The summed E-state index contributed by atoms with van der Waals surface area (Å²) in [6, 6.07) is 4.86. The van der Waals surface area contributed by atoms with Crippen LogP contribution >= 0.6 is 0 Å². The van der Waals surface area contributed by atoms with Crippen LogP contribution in [-0.2, 0) is 14.3 Å². The first-order valence-corrected chi connectivity index (χ1v) is 7.66.